The van der Waals surface area contributed by atoms with Crippen LogP contribution in [-0.4, -0.2) is 65.4 Å². The van der Waals surface area contributed by atoms with Gasteiger partial charge < -0.3 is 25.2 Å². The summed E-state index contributed by atoms with van der Waals surface area (Å²) in [5, 5.41) is 16.2. The number of hydrogen-bond acceptors (Lipinski definition) is 6. The molecule has 2 aliphatic heterocycles. The largest absolute Gasteiger partial charge is 0.475 e. The Morgan fingerprint density at radius 3 is 2.80 bits per heavy atom. The highest BCUT2D eigenvalue weighted by atomic mass is 16.5. The van der Waals surface area contributed by atoms with Crippen LogP contribution in [0.3, 0.4) is 0 Å². The van der Waals surface area contributed by atoms with Crippen molar-refractivity contribution in [2.24, 2.45) is 0 Å². The Morgan fingerprint density at radius 2 is 2.03 bits per heavy atom. The third kappa shape index (κ3) is 5.05. The first-order chi connectivity index (χ1) is 16.8. The van der Waals surface area contributed by atoms with Crippen LogP contribution in [0.1, 0.15) is 48.2 Å². The lowest BCUT2D eigenvalue weighted by Gasteiger charge is -2.48. The molecule has 1 unspecified atom stereocenters. The molecule has 0 saturated heterocycles. The van der Waals surface area contributed by atoms with Gasteiger partial charge in [0.05, 0.1) is 24.0 Å². The Hall–Kier alpha value is -2.94. The molecule has 1 atom stereocenters. The molecule has 1 spiro atoms. The number of fused-ring (bicyclic) bond motifs is 2. The number of anilines is 1. The monoisotopic (exact) mass is 479 g/mol. The highest BCUT2D eigenvalue weighted by molar-refractivity contribution is 6.03. The number of amides is 2. The summed E-state index contributed by atoms with van der Waals surface area (Å²) in [5.74, 6) is 0.0404. The molecule has 186 valence electrons. The lowest BCUT2D eigenvalue weighted by Crippen LogP contribution is -2.62. The van der Waals surface area contributed by atoms with Gasteiger partial charge in [-0.05, 0) is 49.6 Å². The van der Waals surface area contributed by atoms with E-state index in [1.165, 1.54) is 11.1 Å². The third-order valence-electron chi connectivity index (χ3n) is 6.97. The van der Waals surface area contributed by atoms with Crippen molar-refractivity contribution in [1.82, 2.24) is 10.2 Å². The molecule has 2 amide bonds. The maximum Gasteiger partial charge on any atom is 0.268 e. The number of carbonyl (C=O) groups is 2. The molecule has 1 aliphatic carbocycles. The van der Waals surface area contributed by atoms with Crippen LogP contribution in [0.2, 0.25) is 0 Å². The van der Waals surface area contributed by atoms with Gasteiger partial charge in [0.1, 0.15) is 5.75 Å². The smallest absolute Gasteiger partial charge is 0.268 e. The number of nitrogens with zero attached hydrogens (tertiary/aromatic N) is 1. The first-order valence-electron chi connectivity index (χ1n) is 12.4. The van der Waals surface area contributed by atoms with Crippen molar-refractivity contribution in [2.75, 3.05) is 25.0 Å². The molecule has 0 bridgehead atoms. The number of aliphatic hydroxyl groups is 1. The van der Waals surface area contributed by atoms with Crippen LogP contribution in [0, 0.1) is 0 Å². The van der Waals surface area contributed by atoms with E-state index in [-0.39, 0.29) is 30.6 Å². The fraction of sp³-hybridized carbons (Fsp3) is 0.481. The second kappa shape index (κ2) is 9.60. The Morgan fingerprint density at radius 1 is 1.26 bits per heavy atom. The van der Waals surface area contributed by atoms with E-state index in [1.54, 1.807) is 18.2 Å². The molecule has 5 rings (SSSR count). The van der Waals surface area contributed by atoms with Gasteiger partial charge in [-0.1, -0.05) is 24.3 Å². The maximum absolute atomic E-state index is 12.7. The average molecular weight is 480 g/mol. The van der Waals surface area contributed by atoms with E-state index < -0.39 is 11.7 Å². The molecule has 3 aliphatic rings. The van der Waals surface area contributed by atoms with Gasteiger partial charge in [0.25, 0.3) is 11.8 Å². The van der Waals surface area contributed by atoms with Crippen LogP contribution in [0.15, 0.2) is 42.5 Å². The minimum absolute atomic E-state index is 0.0125. The molecule has 0 radical (unpaired) electrons. The van der Waals surface area contributed by atoms with Crippen molar-refractivity contribution < 1.29 is 24.2 Å². The van der Waals surface area contributed by atoms with E-state index in [1.807, 2.05) is 19.9 Å². The number of ether oxygens (including phenoxy) is 2. The van der Waals surface area contributed by atoms with E-state index in [2.05, 4.69) is 33.7 Å². The zero-order valence-electron chi connectivity index (χ0n) is 20.3. The molecule has 35 heavy (non-hydrogen) atoms. The number of benzene rings is 2. The Labute approximate surface area is 205 Å². The van der Waals surface area contributed by atoms with Crippen molar-refractivity contribution in [3.05, 3.63) is 59.2 Å². The fourth-order valence-corrected chi connectivity index (χ4v) is 5.16. The van der Waals surface area contributed by atoms with Crippen LogP contribution in [0.4, 0.5) is 5.69 Å². The summed E-state index contributed by atoms with van der Waals surface area (Å²) < 4.78 is 11.8. The second-order valence-corrected chi connectivity index (χ2v) is 10.1. The van der Waals surface area contributed by atoms with Gasteiger partial charge in [0.15, 0.2) is 5.60 Å². The standard InChI is InChI=1S/C27H33N3O5/c1-17(2)34-22-12-27(13-22)26(33)29-23-11-19(7-8-24(23)35-27)25(32)28-14-21(31)16-30-10-9-18-5-3-4-6-20(18)15-30/h3-8,11,17,21-22,31H,9-10,12-16H2,1-2H3,(H,28,32)(H,29,33). The van der Waals surface area contributed by atoms with Crippen LogP contribution in [-0.2, 0) is 22.5 Å². The topological polar surface area (TPSA) is 100 Å². The summed E-state index contributed by atoms with van der Waals surface area (Å²) in [7, 11) is 0. The minimum Gasteiger partial charge on any atom is -0.475 e. The zero-order valence-corrected chi connectivity index (χ0v) is 20.3. The number of carbonyl (C=O) groups excluding carboxylic acids is 2. The number of hydrogen-bond donors (Lipinski definition) is 3. The lowest BCUT2D eigenvalue weighted by atomic mass is 9.75. The number of nitrogens with one attached hydrogen (secondary N) is 2. The van der Waals surface area contributed by atoms with E-state index in [4.69, 9.17) is 9.47 Å². The van der Waals surface area contributed by atoms with E-state index in [0.717, 1.165) is 19.5 Å². The Kier molecular flexibility index (Phi) is 6.53. The van der Waals surface area contributed by atoms with Crippen LogP contribution < -0.4 is 15.4 Å². The second-order valence-electron chi connectivity index (χ2n) is 10.1. The Bertz CT molecular complexity index is 1110. The van der Waals surface area contributed by atoms with Crippen molar-refractivity contribution in [1.29, 1.82) is 0 Å². The molecule has 2 aromatic carbocycles. The number of β-amino-alcohol motifs (C(OH)–C–C–N with tert-alkyl or cyclic N) is 1. The molecule has 8 heteroatoms. The normalized spacial score (nSPS) is 24.1. The molecule has 2 aromatic rings. The SMILES string of the molecule is CC(C)OC1CC2(C1)Oc1ccc(C(=O)NCC(O)CN3CCc4ccccc4C3)cc1NC2=O. The highest BCUT2D eigenvalue weighted by Gasteiger charge is 2.55. The first kappa shape index (κ1) is 23.8. The maximum atomic E-state index is 12.7. The molecule has 1 saturated carbocycles. The number of rotatable bonds is 7. The summed E-state index contributed by atoms with van der Waals surface area (Å²) in [6, 6.07) is 13.4. The molecule has 8 nitrogen and oxygen atoms in total. The minimum atomic E-state index is -0.893. The van der Waals surface area contributed by atoms with Gasteiger partial charge in [0, 0.05) is 44.6 Å². The van der Waals surface area contributed by atoms with Gasteiger partial charge in [-0.25, -0.2) is 0 Å². The van der Waals surface area contributed by atoms with E-state index in [0.29, 0.717) is 36.4 Å². The van der Waals surface area contributed by atoms with Gasteiger partial charge in [0.2, 0.25) is 0 Å². The average Bonchev–Trinajstić information content (AvgIpc) is 2.81. The van der Waals surface area contributed by atoms with Crippen LogP contribution >= 0.6 is 0 Å². The van der Waals surface area contributed by atoms with Crippen LogP contribution in [0.5, 0.6) is 5.75 Å². The van der Waals surface area contributed by atoms with Gasteiger partial charge in [-0.2, -0.15) is 0 Å². The van der Waals surface area contributed by atoms with Crippen molar-refractivity contribution in [3.8, 4) is 5.75 Å². The van der Waals surface area contributed by atoms with E-state index in [9.17, 15) is 14.7 Å². The molecular formula is C27H33N3O5. The summed E-state index contributed by atoms with van der Waals surface area (Å²) in [6.45, 7) is 6.28. The predicted octanol–water partition coefficient (Wildman–Crippen LogP) is 2.49. The summed E-state index contributed by atoms with van der Waals surface area (Å²) in [6.07, 6.45) is 1.43. The number of aliphatic hydroxyl groups excluding tert-OH is 1. The lowest BCUT2D eigenvalue weighted by molar-refractivity contribution is -0.165. The van der Waals surface area contributed by atoms with Gasteiger partial charge in [-0.3, -0.25) is 14.5 Å². The Balaban J connectivity index is 1.13. The predicted molar refractivity (Wildman–Crippen MR) is 131 cm³/mol. The highest BCUT2D eigenvalue weighted by Crippen LogP contribution is 2.45. The zero-order chi connectivity index (χ0) is 24.6. The van der Waals surface area contributed by atoms with E-state index >= 15 is 0 Å². The molecule has 2 heterocycles. The first-order valence-corrected chi connectivity index (χ1v) is 12.4. The van der Waals surface area contributed by atoms with Crippen molar-refractivity contribution >= 4 is 17.5 Å². The fourth-order valence-electron chi connectivity index (χ4n) is 5.16. The van der Waals surface area contributed by atoms with Crippen molar-refractivity contribution in [2.45, 2.75) is 63.6 Å². The molecule has 3 N–H and O–H groups in total. The van der Waals surface area contributed by atoms with Crippen LogP contribution in [0.25, 0.3) is 0 Å². The molecule has 0 aromatic heterocycles. The van der Waals surface area contributed by atoms with Gasteiger partial charge >= 0.3 is 0 Å². The molecular weight excluding hydrogens is 446 g/mol. The summed E-state index contributed by atoms with van der Waals surface area (Å²) in [4.78, 5) is 27.6. The quantitative estimate of drug-likeness (QED) is 0.564. The van der Waals surface area contributed by atoms with Crippen molar-refractivity contribution in [3.63, 3.8) is 0 Å². The van der Waals surface area contributed by atoms with Gasteiger partial charge in [-0.15, -0.1) is 0 Å². The summed E-state index contributed by atoms with van der Waals surface area (Å²) in [5.41, 5.74) is 2.64. The molecule has 1 fully saturated rings. The third-order valence-corrected chi connectivity index (χ3v) is 6.97. The summed E-state index contributed by atoms with van der Waals surface area (Å²) >= 11 is 0.